The van der Waals surface area contributed by atoms with Crippen LogP contribution in [0.25, 0.3) is 0 Å². The topological polar surface area (TPSA) is 425 Å². The van der Waals surface area contributed by atoms with Crippen LogP contribution >= 0.6 is 0 Å². The van der Waals surface area contributed by atoms with Crippen LogP contribution in [0.3, 0.4) is 0 Å². The lowest BCUT2D eigenvalue weighted by molar-refractivity contribution is -0.126. The molecular formula is C46H66N16O10. The minimum atomic E-state index is -1.23. The van der Waals surface area contributed by atoms with E-state index in [1.54, 1.807) is 0 Å². The van der Waals surface area contributed by atoms with E-state index in [1.165, 1.54) is 89.9 Å². The first kappa shape index (κ1) is 57.5. The number of aliphatic imine (C=N–C) groups is 3. The number of hydrogen-bond acceptors (Lipinski definition) is 13. The SMILES string of the molecule is CNC(=O)c1cc(NC(=O)[C@H](CCCN=C(N)N)NC(=O)c2cc(NC(=O)[C@H](CCCN=C(N)N)NC(=O)c3cc(NC(=O)[C@H](C)NC(=O)CCCCN=C(N)N)ccc3OC)ccc2OC)ccc1OC. The van der Waals surface area contributed by atoms with Crippen molar-refractivity contribution in [2.75, 3.05) is 64.0 Å². The predicted octanol–water partition coefficient (Wildman–Crippen LogP) is -0.460. The second-order valence-corrected chi connectivity index (χ2v) is 15.8. The summed E-state index contributed by atoms with van der Waals surface area (Å²) in [5.41, 5.74) is 33.2. The van der Waals surface area contributed by atoms with E-state index < -0.39 is 53.6 Å². The summed E-state index contributed by atoms with van der Waals surface area (Å²) in [6, 6.07) is 9.60. The van der Waals surface area contributed by atoms with Gasteiger partial charge < -0.3 is 85.8 Å². The van der Waals surface area contributed by atoms with Gasteiger partial charge in [0.1, 0.15) is 35.4 Å². The number of unbranched alkanes of at least 4 members (excludes halogenated alkanes) is 1. The zero-order valence-electron chi connectivity index (χ0n) is 40.9. The van der Waals surface area contributed by atoms with Crippen LogP contribution in [0.1, 0.15) is 82.9 Å². The van der Waals surface area contributed by atoms with Crippen LogP contribution < -0.4 is 85.8 Å². The molecule has 26 heteroatoms. The third-order valence-corrected chi connectivity index (χ3v) is 10.4. The molecular weight excluding hydrogens is 937 g/mol. The van der Waals surface area contributed by atoms with Gasteiger partial charge in [0.15, 0.2) is 17.9 Å². The van der Waals surface area contributed by atoms with Gasteiger partial charge in [-0.05, 0) is 100 Å². The molecule has 3 atom stereocenters. The lowest BCUT2D eigenvalue weighted by Gasteiger charge is -2.21. The molecule has 7 amide bonds. The highest BCUT2D eigenvalue weighted by Gasteiger charge is 2.27. The van der Waals surface area contributed by atoms with E-state index >= 15 is 0 Å². The number of rotatable bonds is 28. The summed E-state index contributed by atoms with van der Waals surface area (Å²) >= 11 is 0. The summed E-state index contributed by atoms with van der Waals surface area (Å²) in [4.78, 5) is 106. The molecule has 0 aromatic heterocycles. The molecule has 72 heavy (non-hydrogen) atoms. The Morgan fingerprint density at radius 1 is 0.500 bits per heavy atom. The van der Waals surface area contributed by atoms with Crippen LogP contribution in [0.15, 0.2) is 69.6 Å². The van der Waals surface area contributed by atoms with Crippen molar-refractivity contribution in [1.82, 2.24) is 21.3 Å². The number of nitrogens with two attached hydrogens (primary N) is 6. The van der Waals surface area contributed by atoms with Crippen LogP contribution in [-0.4, -0.2) is 125 Å². The monoisotopic (exact) mass is 1000 g/mol. The van der Waals surface area contributed by atoms with E-state index in [9.17, 15) is 33.6 Å². The van der Waals surface area contributed by atoms with Crippen LogP contribution in [0, 0.1) is 0 Å². The van der Waals surface area contributed by atoms with Crippen molar-refractivity contribution in [3.05, 3.63) is 71.3 Å². The van der Waals surface area contributed by atoms with Crippen molar-refractivity contribution in [1.29, 1.82) is 0 Å². The third-order valence-electron chi connectivity index (χ3n) is 10.4. The average molecular weight is 1000 g/mol. The van der Waals surface area contributed by atoms with Gasteiger partial charge >= 0.3 is 0 Å². The maximum Gasteiger partial charge on any atom is 0.255 e. The zero-order valence-corrected chi connectivity index (χ0v) is 40.9. The normalized spacial score (nSPS) is 11.7. The maximum atomic E-state index is 14.1. The molecule has 0 bridgehead atoms. The number of anilines is 3. The summed E-state index contributed by atoms with van der Waals surface area (Å²) in [6.07, 6.45) is 1.78. The van der Waals surface area contributed by atoms with E-state index in [0.29, 0.717) is 19.4 Å². The summed E-state index contributed by atoms with van der Waals surface area (Å²) in [5.74, 6) is -4.18. The average Bonchev–Trinajstić information content (AvgIpc) is 3.34. The molecule has 0 unspecified atom stereocenters. The van der Waals surface area contributed by atoms with Gasteiger partial charge in [0.2, 0.25) is 23.6 Å². The Kier molecular flexibility index (Phi) is 23.3. The Morgan fingerprint density at radius 2 is 0.861 bits per heavy atom. The Morgan fingerprint density at radius 3 is 1.22 bits per heavy atom. The molecule has 390 valence electrons. The molecule has 0 radical (unpaired) electrons. The van der Waals surface area contributed by atoms with Gasteiger partial charge in [-0.1, -0.05) is 0 Å². The van der Waals surface area contributed by atoms with Crippen LogP contribution in [0.4, 0.5) is 17.1 Å². The molecule has 0 aliphatic carbocycles. The minimum Gasteiger partial charge on any atom is -0.496 e. The van der Waals surface area contributed by atoms with Crippen LogP contribution in [0.2, 0.25) is 0 Å². The molecule has 0 aliphatic rings. The number of carbonyl (C=O) groups excluding carboxylic acids is 7. The molecule has 3 aromatic carbocycles. The molecule has 0 aliphatic heterocycles. The van der Waals surface area contributed by atoms with E-state index in [-0.39, 0.29) is 120 Å². The van der Waals surface area contributed by atoms with E-state index in [1.807, 2.05) is 0 Å². The Bertz CT molecular complexity index is 2490. The molecule has 0 heterocycles. The van der Waals surface area contributed by atoms with E-state index in [4.69, 9.17) is 48.6 Å². The van der Waals surface area contributed by atoms with Gasteiger partial charge in [-0.25, -0.2) is 0 Å². The summed E-state index contributed by atoms with van der Waals surface area (Å²) in [7, 11) is 5.50. The highest BCUT2D eigenvalue weighted by molar-refractivity contribution is 6.06. The lowest BCUT2D eigenvalue weighted by Crippen LogP contribution is -2.44. The first-order chi connectivity index (χ1) is 34.3. The minimum absolute atomic E-state index is 0.0253. The number of nitrogens with one attached hydrogen (secondary N) is 7. The fraction of sp³-hybridized carbons (Fsp3) is 0.391. The lowest BCUT2D eigenvalue weighted by atomic mass is 10.1. The molecule has 3 aromatic rings. The second kappa shape index (κ2) is 29.2. The first-order valence-corrected chi connectivity index (χ1v) is 22.6. The highest BCUT2D eigenvalue weighted by atomic mass is 16.5. The number of ether oxygens (including phenoxy) is 3. The zero-order chi connectivity index (χ0) is 53.3. The van der Waals surface area contributed by atoms with Crippen molar-refractivity contribution >= 4 is 76.3 Å². The number of guanidine groups is 3. The smallest absolute Gasteiger partial charge is 0.255 e. The Balaban J connectivity index is 1.86. The van der Waals surface area contributed by atoms with Crippen molar-refractivity contribution in [3.63, 3.8) is 0 Å². The molecule has 26 nitrogen and oxygen atoms in total. The maximum absolute atomic E-state index is 14.1. The second-order valence-electron chi connectivity index (χ2n) is 15.8. The first-order valence-electron chi connectivity index (χ1n) is 22.6. The Labute approximate surface area is 416 Å². The van der Waals surface area contributed by atoms with Crippen LogP contribution in [-0.2, 0) is 19.2 Å². The van der Waals surface area contributed by atoms with E-state index in [0.717, 1.165) is 0 Å². The summed E-state index contributed by atoms with van der Waals surface area (Å²) in [5, 5.41) is 18.7. The summed E-state index contributed by atoms with van der Waals surface area (Å²) in [6.45, 7) is 2.11. The quantitative estimate of drug-likeness (QED) is 0.0249. The number of benzene rings is 3. The number of hydrogen-bond donors (Lipinski definition) is 13. The molecule has 0 saturated heterocycles. The van der Waals surface area contributed by atoms with Gasteiger partial charge in [-0.15, -0.1) is 0 Å². The molecule has 19 N–H and O–H groups in total. The van der Waals surface area contributed by atoms with Crippen molar-refractivity contribution < 1.29 is 47.8 Å². The Hall–Kier alpha value is -8.84. The molecule has 0 fully saturated rings. The van der Waals surface area contributed by atoms with Gasteiger partial charge in [0, 0.05) is 50.2 Å². The summed E-state index contributed by atoms with van der Waals surface area (Å²) < 4.78 is 16.2. The largest absolute Gasteiger partial charge is 0.496 e. The van der Waals surface area contributed by atoms with Crippen LogP contribution in [0.5, 0.6) is 17.2 Å². The van der Waals surface area contributed by atoms with E-state index in [2.05, 4.69) is 52.2 Å². The van der Waals surface area contributed by atoms with Crippen molar-refractivity contribution in [3.8, 4) is 17.2 Å². The number of nitrogens with zero attached hydrogens (tertiary/aromatic N) is 3. The van der Waals surface area contributed by atoms with Crippen molar-refractivity contribution in [2.24, 2.45) is 49.4 Å². The van der Waals surface area contributed by atoms with Gasteiger partial charge in [0.25, 0.3) is 17.7 Å². The third kappa shape index (κ3) is 18.9. The van der Waals surface area contributed by atoms with Gasteiger partial charge in [-0.3, -0.25) is 48.5 Å². The predicted molar refractivity (Wildman–Crippen MR) is 273 cm³/mol. The molecule has 0 saturated carbocycles. The highest BCUT2D eigenvalue weighted by Crippen LogP contribution is 2.26. The van der Waals surface area contributed by atoms with Crippen molar-refractivity contribution in [2.45, 2.75) is 70.0 Å². The fourth-order valence-electron chi connectivity index (χ4n) is 6.73. The number of carbonyl (C=O) groups is 7. The molecule has 3 rings (SSSR count). The fourth-order valence-corrected chi connectivity index (χ4v) is 6.73. The molecule has 0 spiro atoms. The number of amides is 7. The number of methoxy groups -OCH3 is 3. The standard InChI is InChI=1S/C46H66N16O10/c1-25(57-37(63)12-6-7-19-54-44(47)48)38(64)58-26-13-17-35(71-4)30(23-26)40(66)61-33(11-9-21-56-46(51)52)43(69)60-28-15-18-36(72-5)31(24-28)41(67)62-32(10-8-20-55-45(49)50)42(68)59-27-14-16-34(70-3)29(22-27)39(65)53-2/h13-18,22-25,32-33H,6-12,19-21H2,1-5H3,(H,53,65)(H,57,63)(H,58,64)(H,59,68)(H,60,69)(H,61,66)(H,62,67)(H4,47,48,54)(H4,49,50,55)(H4,51,52,56)/t25-,32-,33-/m0/s1. The van der Waals surface area contributed by atoms with Gasteiger partial charge in [-0.2, -0.15) is 0 Å². The van der Waals surface area contributed by atoms with Gasteiger partial charge in [0.05, 0.1) is 38.0 Å².